The number of para-hydroxylation sites is 2. The number of halogens is 1. The molecule has 0 saturated carbocycles. The highest BCUT2D eigenvalue weighted by Gasteiger charge is 2.18. The molecular weight excluding hydrogens is 582 g/mol. The van der Waals surface area contributed by atoms with Crippen molar-refractivity contribution in [2.75, 3.05) is 46.9 Å². The van der Waals surface area contributed by atoms with Gasteiger partial charge in [-0.3, -0.25) is 9.21 Å². The average Bonchev–Trinajstić information content (AvgIpc) is 2.98. The van der Waals surface area contributed by atoms with Gasteiger partial charge in [-0.2, -0.15) is 4.98 Å². The van der Waals surface area contributed by atoms with E-state index in [4.69, 9.17) is 21.1 Å². The van der Waals surface area contributed by atoms with Crippen molar-refractivity contribution in [3.05, 3.63) is 78.5 Å². The SMILES string of the molecule is CCCCOC(=O)N1C=CN(c2ccc(Nc3ncc(Cl)c(Nc4ccccc4N(C)S(C)(=O)=O)n3)c(OC)c2)C=C1. The lowest BCUT2D eigenvalue weighted by Gasteiger charge is -2.24. The Morgan fingerprint density at radius 2 is 1.81 bits per heavy atom. The van der Waals surface area contributed by atoms with E-state index < -0.39 is 16.1 Å². The molecule has 0 saturated heterocycles. The molecule has 2 aromatic carbocycles. The van der Waals surface area contributed by atoms with Gasteiger partial charge in [0.15, 0.2) is 5.82 Å². The van der Waals surface area contributed by atoms with E-state index in [1.54, 1.807) is 56.2 Å². The highest BCUT2D eigenvalue weighted by molar-refractivity contribution is 7.92. The summed E-state index contributed by atoms with van der Waals surface area (Å²) in [6, 6.07) is 12.4. The summed E-state index contributed by atoms with van der Waals surface area (Å²) in [7, 11) is -0.480. The second-order valence-corrected chi connectivity index (χ2v) is 11.6. The maximum atomic E-state index is 12.2. The van der Waals surface area contributed by atoms with E-state index in [0.29, 0.717) is 29.4 Å². The minimum Gasteiger partial charge on any atom is -0.494 e. The van der Waals surface area contributed by atoms with E-state index in [1.165, 1.54) is 22.4 Å². The predicted octanol–water partition coefficient (Wildman–Crippen LogP) is 6.02. The van der Waals surface area contributed by atoms with Crippen LogP contribution in [0.5, 0.6) is 5.75 Å². The number of methoxy groups -OCH3 is 1. The van der Waals surface area contributed by atoms with Crippen molar-refractivity contribution in [2.24, 2.45) is 0 Å². The van der Waals surface area contributed by atoms with Crippen LogP contribution >= 0.6 is 11.6 Å². The van der Waals surface area contributed by atoms with Crippen LogP contribution in [0.15, 0.2) is 73.5 Å². The fourth-order valence-electron chi connectivity index (χ4n) is 3.80. The minimum atomic E-state index is -3.49. The Morgan fingerprint density at radius 1 is 1.07 bits per heavy atom. The quantitative estimate of drug-likeness (QED) is 0.248. The number of nitrogens with one attached hydrogen (secondary N) is 2. The largest absolute Gasteiger partial charge is 0.494 e. The fourth-order valence-corrected chi connectivity index (χ4v) is 4.45. The predicted molar refractivity (Wildman–Crippen MR) is 165 cm³/mol. The van der Waals surface area contributed by atoms with Crippen LogP contribution in [0.4, 0.5) is 39.3 Å². The van der Waals surface area contributed by atoms with Gasteiger partial charge in [-0.25, -0.2) is 18.2 Å². The Morgan fingerprint density at radius 3 is 2.50 bits per heavy atom. The number of hydrogen-bond acceptors (Lipinski definition) is 10. The number of nitrogens with zero attached hydrogens (tertiary/aromatic N) is 5. The van der Waals surface area contributed by atoms with Crippen molar-refractivity contribution in [3.8, 4) is 5.75 Å². The summed E-state index contributed by atoms with van der Waals surface area (Å²) in [6.45, 7) is 2.41. The molecule has 2 heterocycles. The number of benzene rings is 2. The van der Waals surface area contributed by atoms with Crippen molar-refractivity contribution in [1.29, 1.82) is 0 Å². The first-order chi connectivity index (χ1) is 20.1. The molecule has 3 aromatic rings. The molecule has 1 amide bonds. The summed E-state index contributed by atoms with van der Waals surface area (Å²) >= 11 is 6.38. The maximum Gasteiger partial charge on any atom is 0.418 e. The molecule has 14 heteroatoms. The normalized spacial score (nSPS) is 12.7. The monoisotopic (exact) mass is 613 g/mol. The number of rotatable bonds is 11. The van der Waals surface area contributed by atoms with Gasteiger partial charge in [0.05, 0.1) is 43.2 Å². The molecule has 0 atom stereocenters. The lowest BCUT2D eigenvalue weighted by atomic mass is 10.2. The summed E-state index contributed by atoms with van der Waals surface area (Å²) in [5.74, 6) is 1.03. The lowest BCUT2D eigenvalue weighted by Crippen LogP contribution is -2.26. The van der Waals surface area contributed by atoms with Crippen LogP contribution in [0, 0.1) is 0 Å². The summed E-state index contributed by atoms with van der Waals surface area (Å²) in [4.78, 5) is 24.1. The van der Waals surface area contributed by atoms with Crippen LogP contribution in [0.25, 0.3) is 0 Å². The molecule has 2 N–H and O–H groups in total. The first-order valence-electron chi connectivity index (χ1n) is 13.0. The van der Waals surface area contributed by atoms with E-state index >= 15 is 0 Å². The summed E-state index contributed by atoms with van der Waals surface area (Å²) in [5, 5.41) is 6.49. The van der Waals surface area contributed by atoms with Crippen LogP contribution in [0.3, 0.4) is 0 Å². The molecule has 222 valence electrons. The number of hydrogen-bond donors (Lipinski definition) is 2. The van der Waals surface area contributed by atoms with Gasteiger partial charge in [-0.1, -0.05) is 37.1 Å². The average molecular weight is 614 g/mol. The van der Waals surface area contributed by atoms with Crippen LogP contribution in [0.1, 0.15) is 19.8 Å². The molecule has 42 heavy (non-hydrogen) atoms. The van der Waals surface area contributed by atoms with Crippen LogP contribution in [0.2, 0.25) is 5.02 Å². The molecule has 0 aliphatic carbocycles. The molecule has 12 nitrogen and oxygen atoms in total. The van der Waals surface area contributed by atoms with Crippen LogP contribution < -0.4 is 24.6 Å². The van der Waals surface area contributed by atoms with Crippen LogP contribution in [-0.4, -0.2) is 56.4 Å². The molecule has 0 spiro atoms. The third-order valence-corrected chi connectivity index (χ3v) is 7.65. The van der Waals surface area contributed by atoms with Crippen molar-refractivity contribution >= 4 is 62.2 Å². The van der Waals surface area contributed by atoms with Gasteiger partial charge in [0.1, 0.15) is 10.8 Å². The zero-order valence-corrected chi connectivity index (χ0v) is 25.2. The first-order valence-corrected chi connectivity index (χ1v) is 15.2. The van der Waals surface area contributed by atoms with Crippen molar-refractivity contribution in [3.63, 3.8) is 0 Å². The Balaban J connectivity index is 1.50. The van der Waals surface area contributed by atoms with Crippen molar-refractivity contribution < 1.29 is 22.7 Å². The molecule has 0 fully saturated rings. The highest BCUT2D eigenvalue weighted by atomic mass is 35.5. The van der Waals surface area contributed by atoms with E-state index in [0.717, 1.165) is 24.8 Å². The molecule has 0 bridgehead atoms. The van der Waals surface area contributed by atoms with Crippen molar-refractivity contribution in [1.82, 2.24) is 14.9 Å². The number of sulfonamides is 1. The number of carbonyl (C=O) groups excluding carboxylic acids is 1. The number of unbranched alkanes of at least 4 members (excludes halogenated alkanes) is 1. The standard InChI is InChI=1S/C28H32ClN7O5S/c1-5-6-17-41-28(37)36-15-13-35(14-16-36)20-11-12-23(25(18-20)40-3)32-27-30-19-21(29)26(33-27)31-22-9-7-8-10-24(22)34(2)42(4,38)39/h7-16,18-19H,5-6,17H2,1-4H3,(H2,30,31,32,33). The van der Waals surface area contributed by atoms with Gasteiger partial charge in [-0.15, -0.1) is 0 Å². The lowest BCUT2D eigenvalue weighted by molar-refractivity contribution is 0.126. The van der Waals surface area contributed by atoms with Gasteiger partial charge in [0.25, 0.3) is 0 Å². The smallest absolute Gasteiger partial charge is 0.418 e. The Labute approximate surface area is 250 Å². The number of amides is 1. The molecule has 0 radical (unpaired) electrons. The summed E-state index contributed by atoms with van der Waals surface area (Å²) < 4.78 is 36.3. The van der Waals surface area contributed by atoms with E-state index in [9.17, 15) is 13.2 Å². The molecular formula is C28H32ClN7O5S. The number of carbonyl (C=O) groups is 1. The van der Waals surface area contributed by atoms with E-state index in [-0.39, 0.29) is 16.8 Å². The zero-order chi connectivity index (χ0) is 30.3. The second kappa shape index (κ2) is 13.4. The summed E-state index contributed by atoms with van der Waals surface area (Å²) in [6.07, 6.45) is 10.6. The van der Waals surface area contributed by atoms with E-state index in [1.807, 2.05) is 30.0 Å². The first kappa shape index (κ1) is 30.5. The zero-order valence-electron chi connectivity index (χ0n) is 23.6. The van der Waals surface area contributed by atoms with Gasteiger partial charge < -0.3 is 25.0 Å². The molecule has 0 unspecified atom stereocenters. The Bertz CT molecular complexity index is 1590. The maximum absolute atomic E-state index is 12.2. The van der Waals surface area contributed by atoms with Gasteiger partial charge in [0.2, 0.25) is 16.0 Å². The van der Waals surface area contributed by atoms with Crippen LogP contribution in [-0.2, 0) is 14.8 Å². The number of aromatic nitrogens is 2. The molecule has 1 aromatic heterocycles. The number of anilines is 6. The third-order valence-electron chi connectivity index (χ3n) is 6.18. The molecule has 4 rings (SSSR count). The highest BCUT2D eigenvalue weighted by Crippen LogP contribution is 2.34. The number of ether oxygens (including phenoxy) is 2. The van der Waals surface area contributed by atoms with Crippen molar-refractivity contribution in [2.45, 2.75) is 19.8 Å². The third kappa shape index (κ3) is 7.42. The van der Waals surface area contributed by atoms with Gasteiger partial charge in [0, 0.05) is 43.6 Å². The Kier molecular flexibility index (Phi) is 9.76. The summed E-state index contributed by atoms with van der Waals surface area (Å²) in [5.41, 5.74) is 2.31. The minimum absolute atomic E-state index is 0.233. The van der Waals surface area contributed by atoms with E-state index in [2.05, 4.69) is 20.6 Å². The van der Waals surface area contributed by atoms with Gasteiger partial charge in [-0.05, 0) is 30.7 Å². The Hall–Kier alpha value is -4.49. The molecule has 1 aliphatic heterocycles. The second-order valence-electron chi connectivity index (χ2n) is 9.15. The molecule has 1 aliphatic rings. The fraction of sp³-hybridized carbons (Fsp3) is 0.250. The van der Waals surface area contributed by atoms with Gasteiger partial charge >= 0.3 is 6.09 Å². The topological polar surface area (TPSA) is 129 Å².